The van der Waals surface area contributed by atoms with E-state index in [4.69, 9.17) is 0 Å². The average Bonchev–Trinajstić information content (AvgIpc) is 2.92. The Balaban J connectivity index is 0.000000339. The summed E-state index contributed by atoms with van der Waals surface area (Å²) in [6.07, 6.45) is 0. The molecule has 0 spiro atoms. The van der Waals surface area contributed by atoms with E-state index in [1.165, 1.54) is 60.1 Å². The first-order valence-corrected chi connectivity index (χ1v) is 13.8. The Kier molecular flexibility index (Phi) is 7.05. The summed E-state index contributed by atoms with van der Waals surface area (Å²) in [6.45, 7) is 11.9. The average molecular weight is 511 g/mol. The van der Waals surface area contributed by atoms with Gasteiger partial charge < -0.3 is 5.11 Å². The predicted molar refractivity (Wildman–Crippen MR) is 170 cm³/mol. The quantitative estimate of drug-likeness (QED) is 0.230. The van der Waals surface area contributed by atoms with Gasteiger partial charge >= 0.3 is 0 Å². The second-order valence-electron chi connectivity index (χ2n) is 12.1. The molecule has 0 radical (unpaired) electrons. The standard InChI is InChI=1S/C31H22.C7H16O/c1-21-8-6-9-22(18-21)23-10-7-11-24(19-23)25-16-17-30-28-14-3-2-12-26(28)27-13-4-5-15-29(27)31(30)20-25;1-6(2,3)7(4,5)8/h2-20H,1H3;8H,1-5H3. The SMILES string of the molecule is CC(C)(C)C(C)(C)O.Cc1cccc(-c2cccc(-c3ccc4c5ccccc5c5ccccc5c4c3)c2)c1. The molecule has 0 atom stereocenters. The third-order valence-corrected chi connectivity index (χ3v) is 8.13. The van der Waals surface area contributed by atoms with E-state index in [2.05, 4.69) is 122 Å². The van der Waals surface area contributed by atoms with Gasteiger partial charge in [0.25, 0.3) is 0 Å². The molecule has 0 unspecified atom stereocenters. The number of rotatable bonds is 2. The maximum Gasteiger partial charge on any atom is 0.0639 e. The molecule has 0 amide bonds. The maximum atomic E-state index is 9.35. The van der Waals surface area contributed by atoms with Gasteiger partial charge in [-0.2, -0.15) is 0 Å². The van der Waals surface area contributed by atoms with E-state index < -0.39 is 5.60 Å². The van der Waals surface area contributed by atoms with Crippen LogP contribution in [0.3, 0.4) is 0 Å². The van der Waals surface area contributed by atoms with E-state index in [0.717, 1.165) is 0 Å². The zero-order chi connectivity index (χ0) is 27.8. The number of benzene rings is 6. The number of hydrogen-bond donors (Lipinski definition) is 1. The maximum absolute atomic E-state index is 9.35. The van der Waals surface area contributed by atoms with Gasteiger partial charge in [0, 0.05) is 0 Å². The lowest BCUT2D eigenvalue weighted by Gasteiger charge is -2.33. The lowest BCUT2D eigenvalue weighted by molar-refractivity contribution is -0.0238. The summed E-state index contributed by atoms with van der Waals surface area (Å²) < 4.78 is 0. The van der Waals surface area contributed by atoms with Crippen LogP contribution in [0.15, 0.2) is 115 Å². The van der Waals surface area contributed by atoms with Crippen LogP contribution in [0.2, 0.25) is 0 Å². The van der Waals surface area contributed by atoms with Gasteiger partial charge in [-0.3, -0.25) is 0 Å². The highest BCUT2D eigenvalue weighted by atomic mass is 16.3. The summed E-state index contributed by atoms with van der Waals surface area (Å²) in [7, 11) is 0. The molecule has 1 N–H and O–H groups in total. The minimum Gasteiger partial charge on any atom is -0.390 e. The summed E-state index contributed by atoms with van der Waals surface area (Å²) in [5.74, 6) is 0. The molecule has 0 aliphatic rings. The van der Waals surface area contributed by atoms with Crippen molar-refractivity contribution >= 4 is 32.3 Å². The minimum atomic E-state index is -0.562. The molecule has 0 aliphatic carbocycles. The Hall–Kier alpha value is -3.94. The fourth-order valence-electron chi connectivity index (χ4n) is 4.79. The van der Waals surface area contributed by atoms with Crippen LogP contribution in [0.5, 0.6) is 0 Å². The Morgan fingerprint density at radius 2 is 0.795 bits per heavy atom. The van der Waals surface area contributed by atoms with Crippen LogP contribution in [0, 0.1) is 12.3 Å². The van der Waals surface area contributed by atoms with Crippen LogP contribution in [0.25, 0.3) is 54.6 Å². The number of hydrogen-bond acceptors (Lipinski definition) is 1. The zero-order valence-corrected chi connectivity index (χ0v) is 23.9. The minimum absolute atomic E-state index is 0.00694. The second-order valence-corrected chi connectivity index (χ2v) is 12.1. The van der Waals surface area contributed by atoms with Crippen LogP contribution < -0.4 is 0 Å². The molecule has 0 saturated carbocycles. The number of fused-ring (bicyclic) bond motifs is 6. The van der Waals surface area contributed by atoms with Gasteiger partial charge in [-0.05, 0) is 92.9 Å². The third-order valence-electron chi connectivity index (χ3n) is 8.13. The van der Waals surface area contributed by atoms with Crippen LogP contribution in [-0.2, 0) is 0 Å². The van der Waals surface area contributed by atoms with Crippen molar-refractivity contribution in [1.82, 2.24) is 0 Å². The van der Waals surface area contributed by atoms with Crippen molar-refractivity contribution in [3.8, 4) is 22.3 Å². The molecular weight excluding hydrogens is 472 g/mol. The Labute approximate surface area is 232 Å². The lowest BCUT2D eigenvalue weighted by atomic mass is 9.79. The molecule has 0 aromatic heterocycles. The number of aryl methyl sites for hydroxylation is 1. The predicted octanol–water partition coefficient (Wildman–Crippen LogP) is 10.6. The van der Waals surface area contributed by atoms with Gasteiger partial charge in [-0.25, -0.2) is 0 Å². The molecule has 6 aromatic carbocycles. The molecule has 0 heterocycles. The fraction of sp³-hybridized carbons (Fsp3) is 0.211. The topological polar surface area (TPSA) is 20.2 Å². The van der Waals surface area contributed by atoms with Crippen molar-refractivity contribution in [2.75, 3.05) is 0 Å². The molecule has 0 saturated heterocycles. The first-order chi connectivity index (χ1) is 18.5. The smallest absolute Gasteiger partial charge is 0.0639 e. The highest BCUT2D eigenvalue weighted by molar-refractivity contribution is 6.25. The molecule has 0 fully saturated rings. The highest BCUT2D eigenvalue weighted by Crippen LogP contribution is 2.37. The fourth-order valence-corrected chi connectivity index (χ4v) is 4.79. The molecular formula is C38H38O. The van der Waals surface area contributed by atoms with E-state index in [1.54, 1.807) is 0 Å². The van der Waals surface area contributed by atoms with Crippen molar-refractivity contribution in [3.05, 3.63) is 121 Å². The first-order valence-electron chi connectivity index (χ1n) is 13.8. The Bertz CT molecular complexity index is 1730. The van der Waals surface area contributed by atoms with Gasteiger partial charge in [-0.1, -0.05) is 129 Å². The Morgan fingerprint density at radius 3 is 1.26 bits per heavy atom. The van der Waals surface area contributed by atoms with Crippen LogP contribution in [-0.4, -0.2) is 10.7 Å². The van der Waals surface area contributed by atoms with Crippen molar-refractivity contribution in [2.45, 2.75) is 47.1 Å². The summed E-state index contributed by atoms with van der Waals surface area (Å²) in [5, 5.41) is 17.2. The monoisotopic (exact) mass is 510 g/mol. The normalized spacial score (nSPS) is 12.0. The van der Waals surface area contributed by atoms with Crippen molar-refractivity contribution in [1.29, 1.82) is 0 Å². The molecule has 1 heteroatoms. The first kappa shape index (κ1) is 26.7. The summed E-state index contributed by atoms with van der Waals surface area (Å²) in [5.41, 5.74) is 5.73. The van der Waals surface area contributed by atoms with E-state index >= 15 is 0 Å². The lowest BCUT2D eigenvalue weighted by Crippen LogP contribution is -2.35. The molecule has 1 nitrogen and oxygen atoms in total. The highest BCUT2D eigenvalue weighted by Gasteiger charge is 2.29. The Morgan fingerprint density at radius 1 is 0.410 bits per heavy atom. The van der Waals surface area contributed by atoms with Crippen molar-refractivity contribution in [2.24, 2.45) is 5.41 Å². The van der Waals surface area contributed by atoms with Crippen molar-refractivity contribution in [3.63, 3.8) is 0 Å². The van der Waals surface area contributed by atoms with Gasteiger partial charge in [0.2, 0.25) is 0 Å². The summed E-state index contributed by atoms with van der Waals surface area (Å²) in [4.78, 5) is 0. The van der Waals surface area contributed by atoms with E-state index in [1.807, 2.05) is 34.6 Å². The molecule has 6 aromatic rings. The van der Waals surface area contributed by atoms with Gasteiger partial charge in [0.1, 0.15) is 0 Å². The van der Waals surface area contributed by atoms with Crippen LogP contribution in [0.4, 0.5) is 0 Å². The van der Waals surface area contributed by atoms with E-state index in [9.17, 15) is 5.11 Å². The molecule has 196 valence electrons. The van der Waals surface area contributed by atoms with E-state index in [0.29, 0.717) is 0 Å². The van der Waals surface area contributed by atoms with Gasteiger partial charge in [0.15, 0.2) is 0 Å². The summed E-state index contributed by atoms with van der Waals surface area (Å²) in [6, 6.07) is 42.0. The van der Waals surface area contributed by atoms with Crippen LogP contribution >= 0.6 is 0 Å². The second kappa shape index (κ2) is 10.3. The van der Waals surface area contributed by atoms with Gasteiger partial charge in [0.05, 0.1) is 5.60 Å². The third kappa shape index (κ3) is 5.46. The molecule has 0 aliphatic heterocycles. The van der Waals surface area contributed by atoms with Crippen LogP contribution in [0.1, 0.15) is 40.2 Å². The molecule has 6 rings (SSSR count). The summed E-state index contributed by atoms with van der Waals surface area (Å²) >= 11 is 0. The zero-order valence-electron chi connectivity index (χ0n) is 23.9. The largest absolute Gasteiger partial charge is 0.390 e. The van der Waals surface area contributed by atoms with Crippen molar-refractivity contribution < 1.29 is 5.11 Å². The van der Waals surface area contributed by atoms with E-state index in [-0.39, 0.29) is 5.41 Å². The molecule has 39 heavy (non-hydrogen) atoms. The number of aliphatic hydroxyl groups is 1. The van der Waals surface area contributed by atoms with Gasteiger partial charge in [-0.15, -0.1) is 0 Å². The molecule has 0 bridgehead atoms.